The van der Waals surface area contributed by atoms with Crippen molar-refractivity contribution in [2.24, 2.45) is 0 Å². The third-order valence-corrected chi connectivity index (χ3v) is 3.77. The van der Waals surface area contributed by atoms with Crippen molar-refractivity contribution in [2.45, 2.75) is 0 Å². The lowest BCUT2D eigenvalue weighted by Gasteiger charge is -2.00. The summed E-state index contributed by atoms with van der Waals surface area (Å²) in [4.78, 5) is 30.6. The maximum Gasteiger partial charge on any atom is 0.335 e. The number of carbonyl (C=O) groups is 2. The molecule has 0 aliphatic carbocycles. The first kappa shape index (κ1) is 14.1. The van der Waals surface area contributed by atoms with Crippen molar-refractivity contribution < 1.29 is 19.1 Å². The van der Waals surface area contributed by atoms with Gasteiger partial charge in [0.05, 0.1) is 27.5 Å². The van der Waals surface area contributed by atoms with E-state index in [1.807, 2.05) is 0 Å². The molecule has 1 aromatic carbocycles. The van der Waals surface area contributed by atoms with Crippen LogP contribution in [0.1, 0.15) is 20.7 Å². The van der Waals surface area contributed by atoms with Gasteiger partial charge < -0.3 is 5.11 Å². The highest BCUT2D eigenvalue weighted by atomic mass is 32.1. The number of hydrogen-bond acceptors (Lipinski definition) is 5. The second-order valence-corrected chi connectivity index (χ2v) is 5.38. The Labute approximate surface area is 127 Å². The molecule has 0 radical (unpaired) electrons. The van der Waals surface area contributed by atoms with Crippen LogP contribution in [0.25, 0.3) is 10.2 Å². The summed E-state index contributed by atoms with van der Waals surface area (Å²) in [5, 5.41) is 11.8. The lowest BCUT2D eigenvalue weighted by Crippen LogP contribution is -2.12. The number of hydrogen-bond donors (Lipinski definition) is 2. The molecule has 6 nitrogen and oxygen atoms in total. The topological polar surface area (TPSA) is 92.2 Å². The number of carbonyl (C=O) groups excluding carboxylic acids is 1. The van der Waals surface area contributed by atoms with E-state index in [0.717, 1.165) is 17.0 Å². The van der Waals surface area contributed by atoms with Crippen molar-refractivity contribution in [1.29, 1.82) is 0 Å². The Morgan fingerprint density at radius 2 is 2.00 bits per heavy atom. The first-order valence-corrected chi connectivity index (χ1v) is 6.90. The van der Waals surface area contributed by atoms with E-state index in [1.54, 1.807) is 6.07 Å². The number of benzene rings is 1. The van der Waals surface area contributed by atoms with Gasteiger partial charge in [-0.3, -0.25) is 15.1 Å². The third kappa shape index (κ3) is 2.77. The predicted octanol–water partition coefficient (Wildman–Crippen LogP) is 2.78. The van der Waals surface area contributed by atoms with Gasteiger partial charge in [-0.25, -0.2) is 14.2 Å². The zero-order valence-corrected chi connectivity index (χ0v) is 11.7. The second kappa shape index (κ2) is 5.49. The Hall–Kier alpha value is -2.87. The summed E-state index contributed by atoms with van der Waals surface area (Å²) in [6.45, 7) is 0. The number of amides is 1. The average Bonchev–Trinajstić information content (AvgIpc) is 2.88. The van der Waals surface area contributed by atoms with E-state index in [9.17, 15) is 14.0 Å². The fourth-order valence-electron chi connectivity index (χ4n) is 1.82. The average molecular weight is 317 g/mol. The highest BCUT2D eigenvalue weighted by molar-refractivity contribution is 7.22. The van der Waals surface area contributed by atoms with Crippen LogP contribution in [0.2, 0.25) is 0 Å². The minimum absolute atomic E-state index is 0.0745. The summed E-state index contributed by atoms with van der Waals surface area (Å²) >= 11 is 1.19. The molecule has 8 heteroatoms. The molecule has 110 valence electrons. The number of carboxylic acids is 1. The van der Waals surface area contributed by atoms with Crippen LogP contribution in [0, 0.1) is 5.82 Å². The lowest BCUT2D eigenvalue weighted by molar-refractivity contribution is 0.0697. The van der Waals surface area contributed by atoms with Crippen LogP contribution in [0.15, 0.2) is 36.7 Å². The standard InChI is InChI=1S/C14H8FN3O3S/c15-9-3-8(5-16-6-9)12(19)18-14-17-10-4-7(13(20)21)1-2-11(10)22-14/h1-6H,(H,20,21)(H,17,18,19). The van der Waals surface area contributed by atoms with Crippen LogP contribution in [0.3, 0.4) is 0 Å². The van der Waals surface area contributed by atoms with Crippen molar-refractivity contribution in [3.8, 4) is 0 Å². The Morgan fingerprint density at radius 1 is 1.18 bits per heavy atom. The molecule has 0 saturated heterocycles. The monoisotopic (exact) mass is 317 g/mol. The maximum atomic E-state index is 13.0. The fraction of sp³-hybridized carbons (Fsp3) is 0. The van der Waals surface area contributed by atoms with Gasteiger partial charge in [-0.2, -0.15) is 0 Å². The molecule has 2 heterocycles. The molecule has 3 aromatic rings. The van der Waals surface area contributed by atoms with E-state index in [4.69, 9.17) is 5.11 Å². The number of anilines is 1. The van der Waals surface area contributed by atoms with Crippen molar-refractivity contribution in [1.82, 2.24) is 9.97 Å². The molecule has 0 unspecified atom stereocenters. The number of carboxylic acid groups (broad SMARTS) is 1. The van der Waals surface area contributed by atoms with Crippen LogP contribution in [0.5, 0.6) is 0 Å². The summed E-state index contributed by atoms with van der Waals surface area (Å²) in [7, 11) is 0. The van der Waals surface area contributed by atoms with Gasteiger partial charge in [-0.05, 0) is 24.3 Å². The summed E-state index contributed by atoms with van der Waals surface area (Å²) in [5.41, 5.74) is 0.660. The molecule has 0 aliphatic rings. The number of halogens is 1. The summed E-state index contributed by atoms with van der Waals surface area (Å²) < 4.78 is 13.8. The minimum atomic E-state index is -1.05. The zero-order chi connectivity index (χ0) is 15.7. The normalized spacial score (nSPS) is 10.6. The van der Waals surface area contributed by atoms with Gasteiger partial charge in [0.1, 0.15) is 5.82 Å². The van der Waals surface area contributed by atoms with E-state index < -0.39 is 17.7 Å². The number of thiazole rings is 1. The van der Waals surface area contributed by atoms with Crippen LogP contribution in [-0.4, -0.2) is 27.0 Å². The Morgan fingerprint density at radius 3 is 2.73 bits per heavy atom. The molecule has 2 aromatic heterocycles. The molecule has 0 saturated carbocycles. The number of pyridine rings is 1. The second-order valence-electron chi connectivity index (χ2n) is 4.35. The van der Waals surface area contributed by atoms with Gasteiger partial charge >= 0.3 is 5.97 Å². The minimum Gasteiger partial charge on any atom is -0.478 e. The summed E-state index contributed by atoms with van der Waals surface area (Å²) in [6, 6.07) is 5.58. The van der Waals surface area contributed by atoms with Crippen molar-refractivity contribution in [3.63, 3.8) is 0 Å². The van der Waals surface area contributed by atoms with E-state index in [0.29, 0.717) is 10.6 Å². The molecular formula is C14H8FN3O3S. The molecule has 0 bridgehead atoms. The van der Waals surface area contributed by atoms with Gasteiger partial charge in [0.25, 0.3) is 5.91 Å². The van der Waals surface area contributed by atoms with Gasteiger partial charge in [0, 0.05) is 6.20 Å². The molecule has 0 fully saturated rings. The highest BCUT2D eigenvalue weighted by Gasteiger charge is 2.12. The number of aromatic carboxylic acids is 1. The van der Waals surface area contributed by atoms with Gasteiger partial charge in [-0.15, -0.1) is 0 Å². The van der Waals surface area contributed by atoms with E-state index in [-0.39, 0.29) is 11.1 Å². The maximum absolute atomic E-state index is 13.0. The first-order valence-electron chi connectivity index (χ1n) is 6.09. The van der Waals surface area contributed by atoms with E-state index >= 15 is 0 Å². The smallest absolute Gasteiger partial charge is 0.335 e. The molecule has 0 spiro atoms. The van der Waals surface area contributed by atoms with Crippen LogP contribution in [0.4, 0.5) is 9.52 Å². The number of aromatic nitrogens is 2. The Kier molecular flexibility index (Phi) is 3.51. The largest absolute Gasteiger partial charge is 0.478 e. The molecule has 22 heavy (non-hydrogen) atoms. The van der Waals surface area contributed by atoms with Crippen molar-refractivity contribution in [2.75, 3.05) is 5.32 Å². The highest BCUT2D eigenvalue weighted by Crippen LogP contribution is 2.27. The molecule has 2 N–H and O–H groups in total. The van der Waals surface area contributed by atoms with Gasteiger partial charge in [0.15, 0.2) is 5.13 Å². The predicted molar refractivity (Wildman–Crippen MR) is 78.7 cm³/mol. The first-order chi connectivity index (χ1) is 10.5. The molecule has 1 amide bonds. The SMILES string of the molecule is O=C(O)c1ccc2sc(NC(=O)c3cncc(F)c3)nc2c1. The number of nitrogens with zero attached hydrogens (tertiary/aromatic N) is 2. The summed E-state index contributed by atoms with van der Waals surface area (Å²) in [5.74, 6) is -2.20. The Bertz CT molecular complexity index is 894. The van der Waals surface area contributed by atoms with Crippen LogP contribution >= 0.6 is 11.3 Å². The van der Waals surface area contributed by atoms with Crippen LogP contribution < -0.4 is 5.32 Å². The molecule has 0 atom stereocenters. The van der Waals surface area contributed by atoms with E-state index in [1.165, 1.54) is 29.7 Å². The van der Waals surface area contributed by atoms with Crippen molar-refractivity contribution in [3.05, 3.63) is 53.6 Å². The summed E-state index contributed by atoms with van der Waals surface area (Å²) in [6.07, 6.45) is 2.25. The van der Waals surface area contributed by atoms with Crippen LogP contribution in [-0.2, 0) is 0 Å². The number of nitrogens with one attached hydrogen (secondary N) is 1. The fourth-order valence-corrected chi connectivity index (χ4v) is 2.66. The quantitative estimate of drug-likeness (QED) is 0.775. The van der Waals surface area contributed by atoms with E-state index in [2.05, 4.69) is 15.3 Å². The Balaban J connectivity index is 1.87. The number of rotatable bonds is 3. The van der Waals surface area contributed by atoms with Gasteiger partial charge in [0.2, 0.25) is 0 Å². The molecule has 3 rings (SSSR count). The number of fused-ring (bicyclic) bond motifs is 1. The zero-order valence-electron chi connectivity index (χ0n) is 10.9. The molecule has 0 aliphatic heterocycles. The third-order valence-electron chi connectivity index (χ3n) is 2.82. The van der Waals surface area contributed by atoms with Crippen molar-refractivity contribution >= 4 is 38.6 Å². The lowest BCUT2D eigenvalue weighted by atomic mass is 10.2. The van der Waals surface area contributed by atoms with Gasteiger partial charge in [-0.1, -0.05) is 11.3 Å². The molecular weight excluding hydrogens is 309 g/mol.